The Kier molecular flexibility index (Phi) is 8.90. The highest BCUT2D eigenvalue weighted by molar-refractivity contribution is 6.58. The molecule has 3 nitrogen and oxygen atoms in total. The van der Waals surface area contributed by atoms with E-state index in [9.17, 15) is 0 Å². The van der Waals surface area contributed by atoms with E-state index in [-0.39, 0.29) is 0 Å². The van der Waals surface area contributed by atoms with Gasteiger partial charge in [0, 0.05) is 0 Å². The normalized spacial score (nSPS) is 10.5. The van der Waals surface area contributed by atoms with Crippen molar-refractivity contribution in [2.45, 2.75) is 38.2 Å². The molecule has 0 aliphatic rings. The molecule has 0 aliphatic heterocycles. The smallest absolute Gasteiger partial charge is 0.140 e. The highest BCUT2D eigenvalue weighted by atomic mass is 16.5. The highest BCUT2D eigenvalue weighted by Gasteiger charge is 2.14. The van der Waals surface area contributed by atoms with E-state index in [0.717, 1.165) is 36.5 Å². The van der Waals surface area contributed by atoms with Crippen molar-refractivity contribution in [1.82, 2.24) is 0 Å². The molecule has 0 aromatic heterocycles. The van der Waals surface area contributed by atoms with Crippen LogP contribution in [-0.4, -0.2) is 28.0 Å². The van der Waals surface area contributed by atoms with Crippen LogP contribution < -0.4 is 14.2 Å². The minimum Gasteiger partial charge on any atom is -0.497 e. The van der Waals surface area contributed by atoms with E-state index in [1.807, 2.05) is 0 Å². The van der Waals surface area contributed by atoms with Gasteiger partial charge in [-0.05, 0) is 72.4 Å². The van der Waals surface area contributed by atoms with Gasteiger partial charge < -0.3 is 14.2 Å². The molecule has 0 bridgehead atoms. The molecule has 3 rings (SSSR count). The molecule has 0 aliphatic carbocycles. The van der Waals surface area contributed by atoms with Crippen LogP contribution in [0.3, 0.4) is 0 Å². The van der Waals surface area contributed by atoms with E-state index in [1.54, 1.807) is 21.3 Å². The van der Waals surface area contributed by atoms with Crippen LogP contribution in [0.1, 0.15) is 16.7 Å². The maximum absolute atomic E-state index is 5.29. The first-order valence-corrected chi connectivity index (χ1v) is 11.1. The Morgan fingerprint density at radius 3 is 0.935 bits per heavy atom. The molecule has 0 amide bonds. The van der Waals surface area contributed by atoms with Crippen molar-refractivity contribution in [1.29, 1.82) is 0 Å². The molecule has 0 N–H and O–H groups in total. The molecule has 0 fully saturated rings. The monoisotopic (exact) mass is 416 g/mol. The van der Waals surface area contributed by atoms with Crippen molar-refractivity contribution in [2.75, 3.05) is 21.3 Å². The fourth-order valence-electron chi connectivity index (χ4n) is 3.92. The van der Waals surface area contributed by atoms with Gasteiger partial charge in [0.25, 0.3) is 0 Å². The fourth-order valence-corrected chi connectivity index (χ4v) is 3.92. The first kappa shape index (κ1) is 22.8. The molecule has 0 atom stereocenters. The van der Waals surface area contributed by atoms with Gasteiger partial charge in [-0.3, -0.25) is 0 Å². The first-order valence-electron chi connectivity index (χ1n) is 11.1. The number of benzene rings is 3. The third-order valence-corrected chi connectivity index (χ3v) is 6.00. The van der Waals surface area contributed by atoms with Crippen LogP contribution in [0.5, 0.6) is 17.2 Å². The summed E-state index contributed by atoms with van der Waals surface area (Å²) in [6.07, 6.45) is 6.87. The Balaban J connectivity index is 1.59. The number of rotatable bonds is 12. The molecule has 0 saturated carbocycles. The van der Waals surface area contributed by atoms with Crippen molar-refractivity contribution in [3.05, 3.63) is 89.5 Å². The summed E-state index contributed by atoms with van der Waals surface area (Å²) in [5.41, 5.74) is 4.12. The predicted octanol–water partition coefficient (Wildman–Crippen LogP) is 6.24. The van der Waals surface area contributed by atoms with Crippen molar-refractivity contribution < 1.29 is 14.2 Å². The molecule has 4 heteroatoms. The second-order valence-corrected chi connectivity index (χ2v) is 8.03. The standard InChI is InChI=1S/C27H33BO3/c1-29-25-10-4-22(5-11-25)16-19-28(20-17-23-6-12-26(30-2)13-7-23)21-18-24-8-14-27(31-3)15-9-24/h4-15H,16-21H2,1-3H3. The van der Waals surface area contributed by atoms with Gasteiger partial charge in [-0.15, -0.1) is 0 Å². The summed E-state index contributed by atoms with van der Waals surface area (Å²) < 4.78 is 15.9. The summed E-state index contributed by atoms with van der Waals surface area (Å²) in [6, 6.07) is 25.4. The Hall–Kier alpha value is -2.88. The van der Waals surface area contributed by atoms with Gasteiger partial charge in [-0.1, -0.05) is 55.4 Å². The zero-order valence-electron chi connectivity index (χ0n) is 19.0. The second-order valence-electron chi connectivity index (χ2n) is 8.03. The van der Waals surface area contributed by atoms with Crippen LogP contribution in [-0.2, 0) is 19.3 Å². The lowest BCUT2D eigenvalue weighted by Gasteiger charge is -2.15. The molecule has 0 saturated heterocycles. The predicted molar refractivity (Wildman–Crippen MR) is 130 cm³/mol. The van der Waals surface area contributed by atoms with Crippen LogP contribution in [0.4, 0.5) is 0 Å². The van der Waals surface area contributed by atoms with Crippen molar-refractivity contribution in [2.24, 2.45) is 0 Å². The number of methoxy groups -OCH3 is 3. The van der Waals surface area contributed by atoms with Crippen LogP contribution in [0.2, 0.25) is 19.0 Å². The molecule has 0 heterocycles. The van der Waals surface area contributed by atoms with Gasteiger partial charge in [-0.2, -0.15) is 0 Å². The molecule has 0 radical (unpaired) electrons. The van der Waals surface area contributed by atoms with Crippen molar-refractivity contribution >= 4 is 6.71 Å². The third kappa shape index (κ3) is 7.39. The van der Waals surface area contributed by atoms with E-state index < -0.39 is 0 Å². The molecule has 3 aromatic rings. The third-order valence-electron chi connectivity index (χ3n) is 6.00. The summed E-state index contributed by atoms with van der Waals surface area (Å²) >= 11 is 0. The fraction of sp³-hybridized carbons (Fsp3) is 0.333. The van der Waals surface area contributed by atoms with Crippen LogP contribution in [0.15, 0.2) is 72.8 Å². The van der Waals surface area contributed by atoms with Crippen molar-refractivity contribution in [3.8, 4) is 17.2 Å². The summed E-state index contributed by atoms with van der Waals surface area (Å²) in [5.74, 6) is 2.75. The summed E-state index contributed by atoms with van der Waals surface area (Å²) in [7, 11) is 5.14. The Labute approximate surface area is 187 Å². The lowest BCUT2D eigenvalue weighted by molar-refractivity contribution is 0.414. The Bertz CT molecular complexity index is 767. The van der Waals surface area contributed by atoms with E-state index in [0.29, 0.717) is 6.71 Å². The van der Waals surface area contributed by atoms with Gasteiger partial charge in [-0.25, -0.2) is 0 Å². The molecular weight excluding hydrogens is 383 g/mol. The summed E-state index contributed by atoms with van der Waals surface area (Å²) in [4.78, 5) is 0. The summed E-state index contributed by atoms with van der Waals surface area (Å²) in [6.45, 7) is 0.673. The second kappa shape index (κ2) is 12.1. The van der Waals surface area contributed by atoms with E-state index in [2.05, 4.69) is 72.8 Å². The molecule has 0 unspecified atom stereocenters. The van der Waals surface area contributed by atoms with Gasteiger partial charge >= 0.3 is 0 Å². The van der Waals surface area contributed by atoms with E-state index >= 15 is 0 Å². The van der Waals surface area contributed by atoms with Crippen LogP contribution in [0.25, 0.3) is 0 Å². The number of ether oxygens (including phenoxy) is 3. The summed E-state index contributed by atoms with van der Waals surface area (Å²) in [5, 5.41) is 0. The maximum Gasteiger partial charge on any atom is 0.140 e. The average Bonchev–Trinajstić information content (AvgIpc) is 2.84. The number of hydrogen-bond donors (Lipinski definition) is 0. The zero-order chi connectivity index (χ0) is 21.9. The Morgan fingerprint density at radius 1 is 0.452 bits per heavy atom. The first-order chi connectivity index (χ1) is 15.2. The topological polar surface area (TPSA) is 27.7 Å². The average molecular weight is 416 g/mol. The van der Waals surface area contributed by atoms with E-state index in [4.69, 9.17) is 14.2 Å². The SMILES string of the molecule is COc1ccc(CCB(CCc2ccc(OC)cc2)CCc2ccc(OC)cc2)cc1. The lowest BCUT2D eigenvalue weighted by Crippen LogP contribution is -2.15. The number of aryl methyl sites for hydroxylation is 3. The molecule has 3 aromatic carbocycles. The Morgan fingerprint density at radius 2 is 0.710 bits per heavy atom. The highest BCUT2D eigenvalue weighted by Crippen LogP contribution is 2.21. The minimum atomic E-state index is 0.673. The van der Waals surface area contributed by atoms with Gasteiger partial charge in [0.1, 0.15) is 24.0 Å². The quantitative estimate of drug-likeness (QED) is 0.327. The molecular formula is C27H33BO3. The minimum absolute atomic E-state index is 0.673. The van der Waals surface area contributed by atoms with Crippen LogP contribution in [0, 0.1) is 0 Å². The van der Waals surface area contributed by atoms with Gasteiger partial charge in [0.05, 0.1) is 21.3 Å². The largest absolute Gasteiger partial charge is 0.497 e. The van der Waals surface area contributed by atoms with Gasteiger partial charge in [0.2, 0.25) is 0 Å². The lowest BCUT2D eigenvalue weighted by atomic mass is 9.41. The van der Waals surface area contributed by atoms with Gasteiger partial charge in [0.15, 0.2) is 0 Å². The molecule has 31 heavy (non-hydrogen) atoms. The zero-order valence-corrected chi connectivity index (χ0v) is 19.0. The van der Waals surface area contributed by atoms with E-state index in [1.165, 1.54) is 35.7 Å². The maximum atomic E-state index is 5.29. The molecule has 162 valence electrons. The number of hydrogen-bond acceptors (Lipinski definition) is 3. The van der Waals surface area contributed by atoms with Crippen LogP contribution >= 0.6 is 0 Å². The van der Waals surface area contributed by atoms with Crippen molar-refractivity contribution in [3.63, 3.8) is 0 Å². The molecule has 0 spiro atoms.